The minimum absolute atomic E-state index is 0.146. The molecule has 19 heavy (non-hydrogen) atoms. The molecule has 0 aliphatic heterocycles. The van der Waals surface area contributed by atoms with Crippen molar-refractivity contribution in [3.63, 3.8) is 0 Å². The zero-order valence-corrected chi connectivity index (χ0v) is 12.2. The maximum atomic E-state index is 11.4. The molecule has 0 aliphatic rings. The van der Waals surface area contributed by atoms with E-state index in [-0.39, 0.29) is 12.5 Å². The standard InChI is InChI=1S/C13H16Cl2N2O2/c1-2-3-4-7-16-17-13(18)9-19-12-6-5-10(14)8-11(12)15/h5-8H,2-4,9H2,1H3,(H,17,18)/b16-7-. The lowest BCUT2D eigenvalue weighted by atomic mass is 10.3. The van der Waals surface area contributed by atoms with Gasteiger partial charge in [0.2, 0.25) is 0 Å². The average molecular weight is 303 g/mol. The van der Waals surface area contributed by atoms with Gasteiger partial charge in [0.25, 0.3) is 5.91 Å². The average Bonchev–Trinajstić information content (AvgIpc) is 2.37. The van der Waals surface area contributed by atoms with Crippen molar-refractivity contribution < 1.29 is 9.53 Å². The number of amides is 1. The normalized spacial score (nSPS) is 10.7. The van der Waals surface area contributed by atoms with E-state index in [1.807, 2.05) is 0 Å². The monoisotopic (exact) mass is 302 g/mol. The first-order valence-corrected chi connectivity index (χ1v) is 6.77. The van der Waals surface area contributed by atoms with Gasteiger partial charge in [-0.1, -0.05) is 36.5 Å². The number of carbonyl (C=O) groups is 1. The summed E-state index contributed by atoms with van der Waals surface area (Å²) in [7, 11) is 0. The Labute approximate surface area is 122 Å². The van der Waals surface area contributed by atoms with Crippen LogP contribution < -0.4 is 10.2 Å². The van der Waals surface area contributed by atoms with E-state index in [9.17, 15) is 4.79 Å². The van der Waals surface area contributed by atoms with Crippen LogP contribution in [0.1, 0.15) is 26.2 Å². The first kappa shape index (κ1) is 15.8. The number of hydrazone groups is 1. The minimum atomic E-state index is -0.334. The smallest absolute Gasteiger partial charge is 0.277 e. The van der Waals surface area contributed by atoms with E-state index in [0.717, 1.165) is 19.3 Å². The molecule has 1 rings (SSSR count). The molecule has 104 valence electrons. The second-order valence-corrected chi connectivity index (χ2v) is 4.70. The second-order valence-electron chi connectivity index (χ2n) is 3.85. The predicted molar refractivity (Wildman–Crippen MR) is 78.1 cm³/mol. The highest BCUT2D eigenvalue weighted by atomic mass is 35.5. The molecule has 6 heteroatoms. The van der Waals surface area contributed by atoms with Crippen molar-refractivity contribution in [2.24, 2.45) is 5.10 Å². The summed E-state index contributed by atoms with van der Waals surface area (Å²) in [5, 5.41) is 4.68. The molecule has 0 heterocycles. The highest BCUT2D eigenvalue weighted by Crippen LogP contribution is 2.27. The molecule has 0 fully saturated rings. The molecule has 0 radical (unpaired) electrons. The van der Waals surface area contributed by atoms with E-state index in [4.69, 9.17) is 27.9 Å². The number of halogens is 2. The molecular formula is C13H16Cl2N2O2. The molecule has 4 nitrogen and oxygen atoms in total. The van der Waals surface area contributed by atoms with Crippen LogP contribution in [0.3, 0.4) is 0 Å². The van der Waals surface area contributed by atoms with E-state index in [0.29, 0.717) is 15.8 Å². The Morgan fingerprint density at radius 3 is 2.95 bits per heavy atom. The molecule has 0 saturated carbocycles. The molecule has 0 spiro atoms. The molecule has 1 aromatic rings. The molecule has 0 saturated heterocycles. The molecular weight excluding hydrogens is 287 g/mol. The first-order valence-electron chi connectivity index (χ1n) is 6.01. The Morgan fingerprint density at radius 2 is 2.26 bits per heavy atom. The Bertz CT molecular complexity index is 450. The molecule has 1 amide bonds. The fourth-order valence-corrected chi connectivity index (χ4v) is 1.71. The Kier molecular flexibility index (Phi) is 7.30. The maximum Gasteiger partial charge on any atom is 0.277 e. The van der Waals surface area contributed by atoms with Gasteiger partial charge in [0.05, 0.1) is 5.02 Å². The van der Waals surface area contributed by atoms with Crippen LogP contribution in [0.2, 0.25) is 10.0 Å². The fourth-order valence-electron chi connectivity index (χ4n) is 1.25. The largest absolute Gasteiger partial charge is 0.482 e. The van der Waals surface area contributed by atoms with Gasteiger partial charge < -0.3 is 4.74 Å². The Hall–Kier alpha value is -1.26. The van der Waals surface area contributed by atoms with Crippen molar-refractivity contribution >= 4 is 35.3 Å². The summed E-state index contributed by atoms with van der Waals surface area (Å²) in [5.74, 6) is 0.0787. The van der Waals surface area contributed by atoms with Gasteiger partial charge in [-0.05, 0) is 31.0 Å². The van der Waals surface area contributed by atoms with Gasteiger partial charge in [-0.2, -0.15) is 5.10 Å². The number of unbranched alkanes of at least 4 members (excludes halogenated alkanes) is 2. The van der Waals surface area contributed by atoms with Gasteiger partial charge in [0.15, 0.2) is 6.61 Å². The van der Waals surface area contributed by atoms with E-state index >= 15 is 0 Å². The molecule has 1 N–H and O–H groups in total. The van der Waals surface area contributed by atoms with Crippen LogP contribution >= 0.6 is 23.2 Å². The van der Waals surface area contributed by atoms with Crippen LogP contribution in [-0.4, -0.2) is 18.7 Å². The summed E-state index contributed by atoms with van der Waals surface area (Å²) in [6, 6.07) is 4.81. The summed E-state index contributed by atoms with van der Waals surface area (Å²) in [6.45, 7) is 1.95. The summed E-state index contributed by atoms with van der Waals surface area (Å²) >= 11 is 11.7. The predicted octanol–water partition coefficient (Wildman–Crippen LogP) is 3.66. The lowest BCUT2D eigenvalue weighted by molar-refractivity contribution is -0.123. The van der Waals surface area contributed by atoms with Crippen LogP contribution in [0.15, 0.2) is 23.3 Å². The SMILES string of the molecule is CCCC/C=N\NC(=O)COc1ccc(Cl)cc1Cl. The van der Waals surface area contributed by atoms with Crippen molar-refractivity contribution in [2.75, 3.05) is 6.61 Å². The van der Waals surface area contributed by atoms with Crippen LogP contribution in [-0.2, 0) is 4.79 Å². The summed E-state index contributed by atoms with van der Waals surface area (Å²) in [6.07, 6.45) is 4.67. The highest BCUT2D eigenvalue weighted by molar-refractivity contribution is 6.35. The highest BCUT2D eigenvalue weighted by Gasteiger charge is 2.05. The van der Waals surface area contributed by atoms with Crippen LogP contribution in [0.4, 0.5) is 0 Å². The Balaban J connectivity index is 2.32. The molecule has 0 unspecified atom stereocenters. The van der Waals surface area contributed by atoms with Crippen LogP contribution in [0.5, 0.6) is 5.75 Å². The lowest BCUT2D eigenvalue weighted by Crippen LogP contribution is -2.24. The van der Waals surface area contributed by atoms with Crippen molar-refractivity contribution in [3.05, 3.63) is 28.2 Å². The first-order chi connectivity index (χ1) is 9.13. The summed E-state index contributed by atoms with van der Waals surface area (Å²) < 4.78 is 5.26. The van der Waals surface area contributed by atoms with Crippen molar-refractivity contribution in [2.45, 2.75) is 26.2 Å². The number of carbonyl (C=O) groups excluding carboxylic acids is 1. The zero-order valence-electron chi connectivity index (χ0n) is 10.7. The summed E-state index contributed by atoms with van der Waals surface area (Å²) in [5.41, 5.74) is 2.38. The van der Waals surface area contributed by atoms with Crippen molar-refractivity contribution in [3.8, 4) is 5.75 Å². The van der Waals surface area contributed by atoms with Gasteiger partial charge in [-0.3, -0.25) is 4.79 Å². The number of ether oxygens (including phenoxy) is 1. The maximum absolute atomic E-state index is 11.4. The van der Waals surface area contributed by atoms with Gasteiger partial charge >= 0.3 is 0 Å². The van der Waals surface area contributed by atoms with Gasteiger partial charge in [0, 0.05) is 11.2 Å². The molecule has 0 atom stereocenters. The van der Waals surface area contributed by atoms with Crippen molar-refractivity contribution in [1.82, 2.24) is 5.43 Å². The van der Waals surface area contributed by atoms with E-state index in [2.05, 4.69) is 17.5 Å². The second kappa shape index (κ2) is 8.77. The van der Waals surface area contributed by atoms with E-state index in [1.165, 1.54) is 0 Å². The number of hydrogen-bond acceptors (Lipinski definition) is 3. The van der Waals surface area contributed by atoms with Crippen LogP contribution in [0.25, 0.3) is 0 Å². The molecule has 0 aromatic heterocycles. The van der Waals surface area contributed by atoms with Crippen LogP contribution in [0, 0.1) is 0 Å². The van der Waals surface area contributed by atoms with E-state index in [1.54, 1.807) is 24.4 Å². The van der Waals surface area contributed by atoms with Gasteiger partial charge in [0.1, 0.15) is 5.75 Å². The number of rotatable bonds is 7. The molecule has 0 bridgehead atoms. The minimum Gasteiger partial charge on any atom is -0.482 e. The zero-order chi connectivity index (χ0) is 14.1. The summed E-state index contributed by atoms with van der Waals surface area (Å²) in [4.78, 5) is 11.4. The number of nitrogens with zero attached hydrogens (tertiary/aromatic N) is 1. The third kappa shape index (κ3) is 6.45. The number of hydrogen-bond donors (Lipinski definition) is 1. The topological polar surface area (TPSA) is 50.7 Å². The molecule has 1 aromatic carbocycles. The number of benzene rings is 1. The Morgan fingerprint density at radius 1 is 1.47 bits per heavy atom. The van der Waals surface area contributed by atoms with E-state index < -0.39 is 0 Å². The molecule has 0 aliphatic carbocycles. The fraction of sp³-hybridized carbons (Fsp3) is 0.385. The number of nitrogens with one attached hydrogen (secondary N) is 1. The van der Waals surface area contributed by atoms with Gasteiger partial charge in [-0.25, -0.2) is 5.43 Å². The van der Waals surface area contributed by atoms with Gasteiger partial charge in [-0.15, -0.1) is 0 Å². The third-order valence-electron chi connectivity index (χ3n) is 2.22. The van der Waals surface area contributed by atoms with Crippen molar-refractivity contribution in [1.29, 1.82) is 0 Å². The quantitative estimate of drug-likeness (QED) is 0.475. The lowest BCUT2D eigenvalue weighted by Gasteiger charge is -2.06. The third-order valence-corrected chi connectivity index (χ3v) is 2.75.